The largest absolute Gasteiger partial charge is 0.381 e. The molecule has 1 N–H and O–H groups in total. The molecule has 0 radical (unpaired) electrons. The van der Waals surface area contributed by atoms with Crippen LogP contribution in [0, 0.1) is 0 Å². The van der Waals surface area contributed by atoms with E-state index in [9.17, 15) is 0 Å². The van der Waals surface area contributed by atoms with Gasteiger partial charge in [-0.3, -0.25) is 4.68 Å². The van der Waals surface area contributed by atoms with Gasteiger partial charge in [0, 0.05) is 74.5 Å². The maximum absolute atomic E-state index is 5.61. The molecule has 1 aliphatic heterocycles. The van der Waals surface area contributed by atoms with Crippen molar-refractivity contribution in [1.29, 1.82) is 0 Å². The van der Waals surface area contributed by atoms with Crippen LogP contribution in [0.3, 0.4) is 0 Å². The minimum Gasteiger partial charge on any atom is -0.381 e. The van der Waals surface area contributed by atoms with Gasteiger partial charge in [0.1, 0.15) is 5.65 Å². The smallest absolute Gasteiger partial charge is 0.137 e. The molecule has 0 bridgehead atoms. The monoisotopic (exact) mass is 393 g/mol. The zero-order chi connectivity index (χ0) is 19.6. The van der Waals surface area contributed by atoms with Crippen LogP contribution in [-0.4, -0.2) is 57.0 Å². The molecule has 29 heavy (non-hydrogen) atoms. The van der Waals surface area contributed by atoms with Crippen molar-refractivity contribution in [3.05, 3.63) is 36.4 Å². The Hall–Kier alpha value is -2.18. The number of hydrogen-bond donors (Lipinski definition) is 1. The molecule has 1 aliphatic carbocycles. The predicted octanol–water partition coefficient (Wildman–Crippen LogP) is 4.10. The molecule has 6 heteroatoms. The molecule has 0 aromatic carbocycles. The van der Waals surface area contributed by atoms with Crippen LogP contribution >= 0.6 is 0 Å². The van der Waals surface area contributed by atoms with Gasteiger partial charge in [-0.1, -0.05) is 0 Å². The molecule has 1 saturated carbocycles. The summed E-state index contributed by atoms with van der Waals surface area (Å²) in [6.45, 7) is 4.24. The lowest BCUT2D eigenvalue weighted by atomic mass is 9.81. The number of ether oxygens (including phenoxy) is 1. The third-order valence-corrected chi connectivity index (χ3v) is 6.72. The maximum Gasteiger partial charge on any atom is 0.137 e. The molecule has 0 spiro atoms. The Labute approximate surface area is 172 Å². The van der Waals surface area contributed by atoms with Crippen molar-refractivity contribution in [2.45, 2.75) is 50.5 Å². The summed E-state index contributed by atoms with van der Waals surface area (Å²) >= 11 is 0. The first kappa shape index (κ1) is 18.8. The lowest BCUT2D eigenvalue weighted by molar-refractivity contribution is 0.0630. The highest BCUT2D eigenvalue weighted by molar-refractivity contribution is 5.93. The Morgan fingerprint density at radius 2 is 1.86 bits per heavy atom. The highest BCUT2D eigenvalue weighted by atomic mass is 16.5. The summed E-state index contributed by atoms with van der Waals surface area (Å²) < 4.78 is 7.47. The van der Waals surface area contributed by atoms with Crippen molar-refractivity contribution in [3.63, 3.8) is 0 Å². The van der Waals surface area contributed by atoms with Crippen molar-refractivity contribution in [1.82, 2.24) is 24.6 Å². The highest BCUT2D eigenvalue weighted by Crippen LogP contribution is 2.37. The van der Waals surface area contributed by atoms with Gasteiger partial charge in [-0.25, -0.2) is 4.98 Å². The minimum atomic E-state index is 0.623. The summed E-state index contributed by atoms with van der Waals surface area (Å²) in [6.07, 6.45) is 15.6. The van der Waals surface area contributed by atoms with Crippen LogP contribution in [0.25, 0.3) is 22.2 Å². The Morgan fingerprint density at radius 1 is 1.07 bits per heavy atom. The molecule has 5 rings (SSSR count). The summed E-state index contributed by atoms with van der Waals surface area (Å²) in [7, 11) is 1.96. The van der Waals surface area contributed by atoms with E-state index < -0.39 is 0 Å². The zero-order valence-electron chi connectivity index (χ0n) is 17.3. The standard InChI is InChI=1S/C23H31N5O/c1-27-16-19(14-26-27)22-15-25-23-21(22)12-18(13-24-23)17-4-6-20(7-5-17)28-8-2-10-29-11-3-9-28/h12-17,20H,2-11H2,1H3,(H,24,25)/t17-,20+. The van der Waals surface area contributed by atoms with Gasteiger partial charge in [0.15, 0.2) is 0 Å². The molecule has 4 heterocycles. The molecule has 154 valence electrons. The Bertz CT molecular complexity index is 945. The number of nitrogens with one attached hydrogen (secondary N) is 1. The molecule has 0 amide bonds. The van der Waals surface area contributed by atoms with Crippen molar-refractivity contribution < 1.29 is 4.74 Å². The van der Waals surface area contributed by atoms with Gasteiger partial charge in [-0.2, -0.15) is 5.10 Å². The van der Waals surface area contributed by atoms with Gasteiger partial charge in [0.25, 0.3) is 0 Å². The van der Waals surface area contributed by atoms with Crippen LogP contribution in [0.4, 0.5) is 0 Å². The molecular formula is C23H31N5O. The molecular weight excluding hydrogens is 362 g/mol. The second-order valence-corrected chi connectivity index (χ2v) is 8.63. The lowest BCUT2D eigenvalue weighted by Crippen LogP contribution is -2.40. The van der Waals surface area contributed by atoms with E-state index in [2.05, 4.69) is 39.6 Å². The van der Waals surface area contributed by atoms with Crippen LogP contribution in [-0.2, 0) is 11.8 Å². The van der Waals surface area contributed by atoms with Crippen LogP contribution in [0.5, 0.6) is 0 Å². The molecule has 2 aliphatic rings. The quantitative estimate of drug-likeness (QED) is 0.728. The average Bonchev–Trinajstić information content (AvgIpc) is 3.33. The lowest BCUT2D eigenvalue weighted by Gasteiger charge is -2.38. The van der Waals surface area contributed by atoms with Gasteiger partial charge < -0.3 is 14.6 Å². The second kappa shape index (κ2) is 8.28. The van der Waals surface area contributed by atoms with E-state index in [4.69, 9.17) is 9.72 Å². The molecule has 0 atom stereocenters. The molecule has 3 aromatic rings. The fourth-order valence-corrected chi connectivity index (χ4v) is 5.13. The predicted molar refractivity (Wildman–Crippen MR) is 115 cm³/mol. The first-order valence-corrected chi connectivity index (χ1v) is 11.1. The van der Waals surface area contributed by atoms with E-state index in [1.165, 1.54) is 68.1 Å². The molecule has 3 aromatic heterocycles. The van der Waals surface area contributed by atoms with E-state index >= 15 is 0 Å². The SMILES string of the molecule is Cn1cc(-c2c[nH]c3ncc([C@H]4CC[C@@H](N5CCCOCCC5)CC4)cc23)cn1. The van der Waals surface area contributed by atoms with E-state index in [1.54, 1.807) is 0 Å². The Balaban J connectivity index is 1.30. The first-order valence-electron chi connectivity index (χ1n) is 11.1. The summed E-state index contributed by atoms with van der Waals surface area (Å²) in [4.78, 5) is 10.8. The molecule has 1 saturated heterocycles. The second-order valence-electron chi connectivity index (χ2n) is 8.63. The van der Waals surface area contributed by atoms with Crippen LogP contribution in [0.15, 0.2) is 30.9 Å². The average molecular weight is 394 g/mol. The number of hydrogen-bond acceptors (Lipinski definition) is 4. The third kappa shape index (κ3) is 3.96. The van der Waals surface area contributed by atoms with Crippen molar-refractivity contribution in [3.8, 4) is 11.1 Å². The zero-order valence-corrected chi connectivity index (χ0v) is 17.3. The summed E-state index contributed by atoms with van der Waals surface area (Å²) in [6, 6.07) is 3.11. The third-order valence-electron chi connectivity index (χ3n) is 6.72. The number of aromatic amines is 1. The number of H-pyrrole nitrogens is 1. The van der Waals surface area contributed by atoms with Crippen molar-refractivity contribution >= 4 is 11.0 Å². The molecule has 0 unspecified atom stereocenters. The summed E-state index contributed by atoms with van der Waals surface area (Å²) in [5, 5.41) is 5.54. The Morgan fingerprint density at radius 3 is 2.59 bits per heavy atom. The van der Waals surface area contributed by atoms with Gasteiger partial charge >= 0.3 is 0 Å². The van der Waals surface area contributed by atoms with Crippen molar-refractivity contribution in [2.24, 2.45) is 7.05 Å². The normalized spacial score (nSPS) is 24.4. The first-order chi connectivity index (χ1) is 14.3. The van der Waals surface area contributed by atoms with E-state index in [0.29, 0.717) is 5.92 Å². The number of nitrogens with zero attached hydrogens (tertiary/aromatic N) is 4. The summed E-state index contributed by atoms with van der Waals surface area (Å²) in [5.74, 6) is 0.623. The van der Waals surface area contributed by atoms with Crippen LogP contribution in [0.2, 0.25) is 0 Å². The topological polar surface area (TPSA) is 59.0 Å². The number of pyridine rings is 1. The number of aryl methyl sites for hydroxylation is 1. The van der Waals surface area contributed by atoms with E-state index in [0.717, 1.165) is 30.5 Å². The highest BCUT2D eigenvalue weighted by Gasteiger charge is 2.27. The molecule has 2 fully saturated rings. The van der Waals surface area contributed by atoms with Gasteiger partial charge in [0.05, 0.1) is 6.20 Å². The van der Waals surface area contributed by atoms with Gasteiger partial charge in [-0.15, -0.1) is 0 Å². The fraction of sp³-hybridized carbons (Fsp3) is 0.565. The van der Waals surface area contributed by atoms with Gasteiger partial charge in [0.2, 0.25) is 0 Å². The van der Waals surface area contributed by atoms with Crippen molar-refractivity contribution in [2.75, 3.05) is 26.3 Å². The molecule has 6 nitrogen and oxygen atoms in total. The van der Waals surface area contributed by atoms with Gasteiger partial charge in [-0.05, 0) is 56.1 Å². The summed E-state index contributed by atoms with van der Waals surface area (Å²) in [5.41, 5.74) is 4.69. The van der Waals surface area contributed by atoms with E-state index in [1.807, 2.05) is 17.9 Å². The number of rotatable bonds is 3. The van der Waals surface area contributed by atoms with E-state index in [-0.39, 0.29) is 0 Å². The number of aromatic nitrogens is 4. The van der Waals surface area contributed by atoms with Crippen LogP contribution in [0.1, 0.15) is 50.0 Å². The number of fused-ring (bicyclic) bond motifs is 1. The Kier molecular flexibility index (Phi) is 5.38. The fourth-order valence-electron chi connectivity index (χ4n) is 5.13. The minimum absolute atomic E-state index is 0.623. The van der Waals surface area contributed by atoms with Crippen LogP contribution < -0.4 is 0 Å². The maximum atomic E-state index is 5.61.